The molecular formula is C15H12ClFN2. The van der Waals surface area contributed by atoms with Crippen molar-refractivity contribution < 1.29 is 4.39 Å². The van der Waals surface area contributed by atoms with Crippen LogP contribution in [0.15, 0.2) is 42.5 Å². The maximum absolute atomic E-state index is 13.1. The van der Waals surface area contributed by atoms with E-state index in [1.807, 2.05) is 24.1 Å². The molecule has 0 aliphatic heterocycles. The van der Waals surface area contributed by atoms with Gasteiger partial charge in [-0.3, -0.25) is 0 Å². The predicted molar refractivity (Wildman–Crippen MR) is 74.7 cm³/mol. The Morgan fingerprint density at radius 1 is 1.21 bits per heavy atom. The van der Waals surface area contributed by atoms with Crippen LogP contribution in [0.3, 0.4) is 0 Å². The van der Waals surface area contributed by atoms with E-state index < -0.39 is 5.82 Å². The van der Waals surface area contributed by atoms with Crippen LogP contribution in [0.4, 0.5) is 10.1 Å². The number of rotatable bonds is 3. The quantitative estimate of drug-likeness (QED) is 0.846. The molecule has 0 heterocycles. The number of nitrogens with zero attached hydrogens (tertiary/aromatic N) is 2. The number of hydrogen-bond acceptors (Lipinski definition) is 2. The first-order valence-corrected chi connectivity index (χ1v) is 6.13. The first-order valence-electron chi connectivity index (χ1n) is 5.75. The molecule has 0 spiro atoms. The van der Waals surface area contributed by atoms with Crippen molar-refractivity contribution in [3.63, 3.8) is 0 Å². The summed E-state index contributed by atoms with van der Waals surface area (Å²) < 4.78 is 13.1. The van der Waals surface area contributed by atoms with Crippen LogP contribution >= 0.6 is 11.6 Å². The lowest BCUT2D eigenvalue weighted by Crippen LogP contribution is -2.16. The van der Waals surface area contributed by atoms with Gasteiger partial charge in [0, 0.05) is 19.3 Å². The molecule has 0 saturated carbocycles. The zero-order valence-electron chi connectivity index (χ0n) is 10.4. The van der Waals surface area contributed by atoms with Gasteiger partial charge in [0.1, 0.15) is 5.82 Å². The maximum Gasteiger partial charge on any atom is 0.141 e. The van der Waals surface area contributed by atoms with E-state index in [1.54, 1.807) is 24.3 Å². The monoisotopic (exact) mass is 274 g/mol. The van der Waals surface area contributed by atoms with Gasteiger partial charge in [0.25, 0.3) is 0 Å². The minimum absolute atomic E-state index is 0.130. The van der Waals surface area contributed by atoms with Crippen molar-refractivity contribution in [3.8, 4) is 6.07 Å². The number of nitriles is 1. The summed E-state index contributed by atoms with van der Waals surface area (Å²) in [5.74, 6) is -0.411. The van der Waals surface area contributed by atoms with Crippen LogP contribution < -0.4 is 4.90 Å². The lowest BCUT2D eigenvalue weighted by atomic mass is 10.2. The first-order chi connectivity index (χ1) is 9.10. The Kier molecular flexibility index (Phi) is 4.03. The van der Waals surface area contributed by atoms with Gasteiger partial charge < -0.3 is 4.90 Å². The molecule has 0 N–H and O–H groups in total. The normalized spacial score (nSPS) is 10.0. The average Bonchev–Trinajstić information content (AvgIpc) is 2.43. The lowest BCUT2D eigenvalue weighted by molar-refractivity contribution is 0.627. The van der Waals surface area contributed by atoms with Gasteiger partial charge in [-0.1, -0.05) is 17.7 Å². The Labute approximate surface area is 116 Å². The summed E-state index contributed by atoms with van der Waals surface area (Å²) in [5.41, 5.74) is 2.54. The van der Waals surface area contributed by atoms with Gasteiger partial charge in [-0.05, 0) is 42.0 Å². The molecular weight excluding hydrogens is 263 g/mol. The smallest absolute Gasteiger partial charge is 0.141 e. The summed E-state index contributed by atoms with van der Waals surface area (Å²) in [4.78, 5) is 2.00. The van der Waals surface area contributed by atoms with Crippen molar-refractivity contribution in [2.24, 2.45) is 0 Å². The van der Waals surface area contributed by atoms with Crippen molar-refractivity contribution in [2.75, 3.05) is 11.9 Å². The fourth-order valence-electron chi connectivity index (χ4n) is 1.79. The lowest BCUT2D eigenvalue weighted by Gasteiger charge is -2.19. The average molecular weight is 275 g/mol. The first kappa shape index (κ1) is 13.4. The zero-order valence-corrected chi connectivity index (χ0v) is 11.2. The van der Waals surface area contributed by atoms with E-state index in [-0.39, 0.29) is 5.02 Å². The molecule has 2 aromatic rings. The highest BCUT2D eigenvalue weighted by molar-refractivity contribution is 6.30. The van der Waals surface area contributed by atoms with Gasteiger partial charge in [0.2, 0.25) is 0 Å². The molecule has 0 aliphatic carbocycles. The van der Waals surface area contributed by atoms with E-state index in [2.05, 4.69) is 6.07 Å². The number of benzene rings is 2. The summed E-state index contributed by atoms with van der Waals surface area (Å²) in [5, 5.41) is 8.88. The Hall–Kier alpha value is -2.05. The summed E-state index contributed by atoms with van der Waals surface area (Å²) in [7, 11) is 1.93. The van der Waals surface area contributed by atoms with Crippen molar-refractivity contribution in [2.45, 2.75) is 6.54 Å². The van der Waals surface area contributed by atoms with E-state index in [0.29, 0.717) is 12.1 Å². The molecule has 96 valence electrons. The zero-order chi connectivity index (χ0) is 13.8. The molecule has 2 nitrogen and oxygen atoms in total. The van der Waals surface area contributed by atoms with Crippen LogP contribution in [-0.4, -0.2) is 7.05 Å². The van der Waals surface area contributed by atoms with Crippen molar-refractivity contribution >= 4 is 17.3 Å². The van der Waals surface area contributed by atoms with E-state index in [4.69, 9.17) is 16.9 Å². The number of hydrogen-bond donors (Lipinski definition) is 0. The number of anilines is 1. The third-order valence-electron chi connectivity index (χ3n) is 2.84. The molecule has 2 rings (SSSR count). The Balaban J connectivity index is 2.13. The van der Waals surface area contributed by atoms with Crippen LogP contribution in [0.25, 0.3) is 0 Å². The fraction of sp³-hybridized carbons (Fsp3) is 0.133. The minimum atomic E-state index is -0.411. The summed E-state index contributed by atoms with van der Waals surface area (Å²) >= 11 is 5.75. The molecule has 0 radical (unpaired) electrons. The van der Waals surface area contributed by atoms with Crippen LogP contribution in [-0.2, 0) is 6.54 Å². The predicted octanol–water partition coefficient (Wildman–Crippen LogP) is 3.99. The standard InChI is InChI=1S/C15H12ClFN2/c1-19(13-5-2-11(9-18)3-6-13)10-12-4-7-15(17)14(16)8-12/h2-8H,10H2,1H3. The van der Waals surface area contributed by atoms with Crippen molar-refractivity contribution in [1.82, 2.24) is 0 Å². The molecule has 4 heteroatoms. The molecule has 0 amide bonds. The molecule has 19 heavy (non-hydrogen) atoms. The number of halogens is 2. The SMILES string of the molecule is CN(Cc1ccc(F)c(Cl)c1)c1ccc(C#N)cc1. The molecule has 0 bridgehead atoms. The maximum atomic E-state index is 13.1. The molecule has 0 unspecified atom stereocenters. The third kappa shape index (κ3) is 3.24. The highest BCUT2D eigenvalue weighted by Gasteiger charge is 2.05. The van der Waals surface area contributed by atoms with Gasteiger partial charge in [0.05, 0.1) is 16.7 Å². The van der Waals surface area contributed by atoms with E-state index in [0.717, 1.165) is 11.3 Å². The van der Waals surface area contributed by atoms with Gasteiger partial charge in [0.15, 0.2) is 0 Å². The van der Waals surface area contributed by atoms with E-state index in [9.17, 15) is 4.39 Å². The Bertz CT molecular complexity index is 617. The van der Waals surface area contributed by atoms with Crippen molar-refractivity contribution in [1.29, 1.82) is 5.26 Å². The summed E-state index contributed by atoms with van der Waals surface area (Å²) in [6.45, 7) is 0.617. The van der Waals surface area contributed by atoms with Gasteiger partial charge in [-0.2, -0.15) is 5.26 Å². The van der Waals surface area contributed by atoms with Crippen molar-refractivity contribution in [3.05, 3.63) is 64.4 Å². The summed E-state index contributed by atoms with van der Waals surface area (Å²) in [6.07, 6.45) is 0. The van der Waals surface area contributed by atoms with Crippen LogP contribution in [0.2, 0.25) is 5.02 Å². The highest BCUT2D eigenvalue weighted by Crippen LogP contribution is 2.20. The van der Waals surface area contributed by atoms with Crippen LogP contribution in [0.1, 0.15) is 11.1 Å². The third-order valence-corrected chi connectivity index (χ3v) is 3.13. The molecule has 0 fully saturated rings. The van der Waals surface area contributed by atoms with Gasteiger partial charge in [-0.25, -0.2) is 4.39 Å². The summed E-state index contributed by atoms with van der Waals surface area (Å²) in [6, 6.07) is 14.1. The molecule has 2 aromatic carbocycles. The van der Waals surface area contributed by atoms with E-state index in [1.165, 1.54) is 6.07 Å². The van der Waals surface area contributed by atoms with E-state index >= 15 is 0 Å². The molecule has 0 saturated heterocycles. The molecule has 0 aliphatic rings. The fourth-order valence-corrected chi connectivity index (χ4v) is 2.00. The largest absolute Gasteiger partial charge is 0.370 e. The second-order valence-corrected chi connectivity index (χ2v) is 4.67. The van der Waals surface area contributed by atoms with Gasteiger partial charge in [-0.15, -0.1) is 0 Å². The molecule has 0 atom stereocenters. The second kappa shape index (κ2) is 5.73. The van der Waals surface area contributed by atoms with Gasteiger partial charge >= 0.3 is 0 Å². The van der Waals surface area contributed by atoms with Crippen LogP contribution in [0.5, 0.6) is 0 Å². The molecule has 0 aromatic heterocycles. The van der Waals surface area contributed by atoms with Crippen LogP contribution in [0, 0.1) is 17.1 Å². The Morgan fingerprint density at radius 3 is 2.47 bits per heavy atom. The highest BCUT2D eigenvalue weighted by atomic mass is 35.5. The Morgan fingerprint density at radius 2 is 1.89 bits per heavy atom. The second-order valence-electron chi connectivity index (χ2n) is 4.26. The topological polar surface area (TPSA) is 27.0 Å². The minimum Gasteiger partial charge on any atom is -0.370 e.